The molecule has 50 heavy (non-hydrogen) atoms. The van der Waals surface area contributed by atoms with E-state index in [0.717, 1.165) is 0 Å². The number of nitrogens with zero attached hydrogens (tertiary/aromatic N) is 10. The second-order valence-electron chi connectivity index (χ2n) is 13.1. The van der Waals surface area contributed by atoms with Gasteiger partial charge in [-0.25, -0.2) is 0 Å². The van der Waals surface area contributed by atoms with Gasteiger partial charge in [-0.3, -0.25) is 40.8 Å². The van der Waals surface area contributed by atoms with Gasteiger partial charge in [0.25, 0.3) is 11.9 Å². The number of aliphatic imine (C=N–C) groups is 2. The number of rotatable bonds is 12. The second-order valence-corrected chi connectivity index (χ2v) is 13.1. The Morgan fingerprint density at radius 3 is 1.38 bits per heavy atom. The zero-order chi connectivity index (χ0) is 36.3. The van der Waals surface area contributed by atoms with Gasteiger partial charge in [-0.1, -0.05) is 27.7 Å². The third-order valence-corrected chi connectivity index (χ3v) is 8.09. The van der Waals surface area contributed by atoms with Gasteiger partial charge >= 0.3 is 0 Å². The number of aromatic nitrogens is 6. The molecule has 14 N–H and O–H groups in total. The first-order chi connectivity index (χ1) is 23.7. The summed E-state index contributed by atoms with van der Waals surface area (Å²) in [5.74, 6) is -0.733. The van der Waals surface area contributed by atoms with E-state index in [1.54, 1.807) is 0 Å². The highest BCUT2D eigenvalue weighted by molar-refractivity contribution is 6.15. The molecule has 3 fully saturated rings. The molecule has 2 amide bonds. The van der Waals surface area contributed by atoms with Crippen molar-refractivity contribution in [1.29, 1.82) is 10.8 Å². The minimum atomic E-state index is -0.677. The topological polar surface area (TPSA) is 343 Å². The van der Waals surface area contributed by atoms with E-state index < -0.39 is 12.1 Å². The molecule has 3 aliphatic rings. The first-order valence-electron chi connectivity index (χ1n) is 16.3. The van der Waals surface area contributed by atoms with E-state index in [1.807, 2.05) is 27.7 Å². The van der Waals surface area contributed by atoms with Crippen LogP contribution in [0.4, 0.5) is 35.7 Å². The van der Waals surface area contributed by atoms with Gasteiger partial charge in [0.2, 0.25) is 47.5 Å². The smallest absolute Gasteiger partial charge is 0.259 e. The second kappa shape index (κ2) is 14.7. The van der Waals surface area contributed by atoms with Crippen molar-refractivity contribution in [3.8, 4) is 0 Å². The normalized spacial score (nSPS) is 22.1. The standard InChI is InChI=1S/C28H44N20O2/c1-11(2)9-15-17(49)37-21(33)47(15)27-43-23(41-25(45-27)39-19(29)30)35-13-5-7-14(8-6-13)36-24-42-26(40-20(31)32)46-28(44-24)48-16(10-12(3)4)18(50)38-22(48)34/h11-16H,5-10H2,1-4H3,(H2,33,37,49)(H2,34,38,50)(H5,29,30,35,39,41,43,45)(H5,31,32,36,40,42,44,46). The Kier molecular flexibility index (Phi) is 10.4. The predicted molar refractivity (Wildman–Crippen MR) is 187 cm³/mol. The maximum atomic E-state index is 12.6. The lowest BCUT2D eigenvalue weighted by atomic mass is 9.91. The maximum absolute atomic E-state index is 12.6. The van der Waals surface area contributed by atoms with Crippen LogP contribution in [0, 0.1) is 22.7 Å². The summed E-state index contributed by atoms with van der Waals surface area (Å²) in [7, 11) is 0. The molecule has 0 bridgehead atoms. The molecule has 2 aromatic heterocycles. The first kappa shape index (κ1) is 35.3. The minimum Gasteiger partial charge on any atom is -0.370 e. The lowest BCUT2D eigenvalue weighted by molar-refractivity contribution is -0.120. The first-order valence-corrected chi connectivity index (χ1v) is 16.3. The van der Waals surface area contributed by atoms with Crippen molar-refractivity contribution in [2.45, 2.75) is 90.4 Å². The summed E-state index contributed by atoms with van der Waals surface area (Å²) in [5.41, 5.74) is 22.5. The molecule has 0 radical (unpaired) electrons. The predicted octanol–water partition coefficient (Wildman–Crippen LogP) is -0.727. The fourth-order valence-electron chi connectivity index (χ4n) is 5.99. The van der Waals surface area contributed by atoms with Crippen molar-refractivity contribution < 1.29 is 9.59 Å². The van der Waals surface area contributed by atoms with Crippen LogP contribution >= 0.6 is 0 Å². The zero-order valence-corrected chi connectivity index (χ0v) is 28.3. The number of carbonyl (C=O) groups is 2. The molecule has 2 saturated heterocycles. The molecule has 2 unspecified atom stereocenters. The number of nitrogens with two attached hydrogens (primary N) is 4. The van der Waals surface area contributed by atoms with Crippen LogP contribution in [0.3, 0.4) is 0 Å². The summed E-state index contributed by atoms with van der Waals surface area (Å²) >= 11 is 0. The number of amides is 2. The van der Waals surface area contributed by atoms with E-state index in [9.17, 15) is 9.59 Å². The number of hydrogen-bond acceptors (Lipinski definition) is 14. The highest BCUT2D eigenvalue weighted by Crippen LogP contribution is 2.29. The van der Waals surface area contributed by atoms with Crippen LogP contribution in [-0.4, -0.2) is 89.7 Å². The fourth-order valence-corrected chi connectivity index (χ4v) is 5.99. The van der Waals surface area contributed by atoms with Crippen molar-refractivity contribution in [1.82, 2.24) is 40.5 Å². The molecule has 4 heterocycles. The molecule has 1 aliphatic carbocycles. The van der Waals surface area contributed by atoms with Gasteiger partial charge in [-0.15, -0.1) is 0 Å². The van der Waals surface area contributed by atoms with E-state index in [2.05, 4.69) is 61.2 Å². The van der Waals surface area contributed by atoms with Crippen LogP contribution in [0.25, 0.3) is 0 Å². The third-order valence-electron chi connectivity index (χ3n) is 8.09. The molecule has 2 atom stereocenters. The van der Waals surface area contributed by atoms with Crippen molar-refractivity contribution in [2.24, 2.45) is 44.8 Å². The van der Waals surface area contributed by atoms with E-state index in [0.29, 0.717) is 38.5 Å². The van der Waals surface area contributed by atoms with E-state index in [1.165, 1.54) is 9.80 Å². The number of anilines is 4. The fraction of sp³-hybridized carbons (Fsp3) is 0.571. The van der Waals surface area contributed by atoms with Crippen molar-refractivity contribution in [3.05, 3.63) is 0 Å². The molecule has 22 nitrogen and oxygen atoms in total. The summed E-state index contributed by atoms with van der Waals surface area (Å²) in [6, 6.07) is -1.46. The molecule has 22 heteroatoms. The van der Waals surface area contributed by atoms with Crippen LogP contribution in [0.5, 0.6) is 0 Å². The van der Waals surface area contributed by atoms with Crippen molar-refractivity contribution >= 4 is 71.3 Å². The highest BCUT2D eigenvalue weighted by atomic mass is 16.2. The van der Waals surface area contributed by atoms with Gasteiger partial charge < -0.3 is 33.6 Å². The Labute approximate surface area is 287 Å². The average molecular weight is 693 g/mol. The van der Waals surface area contributed by atoms with Gasteiger partial charge in [0.15, 0.2) is 11.9 Å². The summed E-state index contributed by atoms with van der Waals surface area (Å²) in [6.07, 6.45) is 3.71. The van der Waals surface area contributed by atoms with E-state index >= 15 is 0 Å². The van der Waals surface area contributed by atoms with Crippen LogP contribution in [-0.2, 0) is 9.59 Å². The molecular formula is C28H44N20O2. The van der Waals surface area contributed by atoms with Gasteiger partial charge in [0.05, 0.1) is 0 Å². The average Bonchev–Trinajstić information content (AvgIpc) is 3.43. The van der Waals surface area contributed by atoms with Gasteiger partial charge in [0.1, 0.15) is 12.1 Å². The van der Waals surface area contributed by atoms with E-state index in [4.69, 9.17) is 33.8 Å². The Bertz CT molecular complexity index is 1570. The van der Waals surface area contributed by atoms with Crippen LogP contribution in [0.15, 0.2) is 9.98 Å². The molecule has 0 spiro atoms. The Morgan fingerprint density at radius 2 is 1.06 bits per heavy atom. The molecular weight excluding hydrogens is 648 g/mol. The number of guanidine groups is 4. The highest BCUT2D eigenvalue weighted by Gasteiger charge is 2.41. The van der Waals surface area contributed by atoms with Crippen molar-refractivity contribution in [2.75, 3.05) is 20.4 Å². The zero-order valence-electron chi connectivity index (χ0n) is 28.3. The monoisotopic (exact) mass is 692 g/mol. The lowest BCUT2D eigenvalue weighted by Gasteiger charge is -2.30. The number of hydrogen-bond donors (Lipinski definition) is 10. The molecule has 2 aliphatic heterocycles. The van der Waals surface area contributed by atoms with Crippen molar-refractivity contribution in [3.63, 3.8) is 0 Å². The van der Waals surface area contributed by atoms with Crippen LogP contribution < -0.4 is 54.0 Å². The molecule has 268 valence electrons. The minimum absolute atomic E-state index is 0.0512. The summed E-state index contributed by atoms with van der Waals surface area (Å²) in [6.45, 7) is 7.92. The van der Waals surface area contributed by atoms with Crippen LogP contribution in [0.2, 0.25) is 0 Å². The Hall–Kier alpha value is -5.96. The van der Waals surface area contributed by atoms with E-state index in [-0.39, 0.29) is 95.3 Å². The summed E-state index contributed by atoms with van der Waals surface area (Å²) < 4.78 is 0. The summed E-state index contributed by atoms with van der Waals surface area (Å²) in [5, 5.41) is 28.5. The quantitative estimate of drug-likeness (QED) is 0.0968. The number of nitrogens with one attached hydrogen (secondary N) is 6. The van der Waals surface area contributed by atoms with Gasteiger partial charge in [0, 0.05) is 12.1 Å². The Balaban J connectivity index is 1.31. The lowest BCUT2D eigenvalue weighted by Crippen LogP contribution is -2.38. The van der Waals surface area contributed by atoms with Crippen LogP contribution in [0.1, 0.15) is 66.2 Å². The number of carbonyl (C=O) groups excluding carboxylic acids is 2. The summed E-state index contributed by atoms with van der Waals surface area (Å²) in [4.78, 5) is 62.6. The van der Waals surface area contributed by atoms with Gasteiger partial charge in [-0.05, 0) is 50.4 Å². The maximum Gasteiger partial charge on any atom is 0.259 e. The SMILES string of the molecule is CC(C)CC1C(=O)NC(=N)N1c1nc(N=C(N)N)nc(NC2CCC(Nc3nc(N=C(N)N)nc(N4C(=N)NC(=O)C4CC(C)C)n3)CC2)n1. The molecule has 1 saturated carbocycles. The largest absolute Gasteiger partial charge is 0.370 e. The molecule has 0 aromatic carbocycles. The third kappa shape index (κ3) is 8.36. The molecule has 2 aromatic rings. The molecule has 5 rings (SSSR count). The van der Waals surface area contributed by atoms with Gasteiger partial charge in [-0.2, -0.15) is 39.9 Å². The Morgan fingerprint density at radius 1 is 0.700 bits per heavy atom.